The van der Waals surface area contributed by atoms with Crippen LogP contribution in [0.15, 0.2) is 0 Å². The van der Waals surface area contributed by atoms with Gasteiger partial charge >= 0.3 is 0 Å². The molecule has 10 nitrogen and oxygen atoms in total. The van der Waals surface area contributed by atoms with Gasteiger partial charge in [-0.3, -0.25) is 9.11 Å². The van der Waals surface area contributed by atoms with Crippen molar-refractivity contribution >= 4 is 32.9 Å². The van der Waals surface area contributed by atoms with Crippen molar-refractivity contribution in [3.8, 4) is 0 Å². The first-order valence-corrected chi connectivity index (χ1v) is 9.28. The molecule has 1 heterocycles. The summed E-state index contributed by atoms with van der Waals surface area (Å²) in [5.41, 5.74) is 2.43. The van der Waals surface area contributed by atoms with Crippen molar-refractivity contribution in [1.82, 2.24) is 20.5 Å². The van der Waals surface area contributed by atoms with Crippen LogP contribution < -0.4 is 5.43 Å². The smallest absolute Gasteiger partial charge is 0.266 e. The zero-order valence-corrected chi connectivity index (χ0v) is 13.3. The second-order valence-corrected chi connectivity index (χ2v) is 7.94. The van der Waals surface area contributed by atoms with E-state index in [1.165, 1.54) is 5.01 Å². The van der Waals surface area contributed by atoms with Crippen LogP contribution in [0.3, 0.4) is 0 Å². The van der Waals surface area contributed by atoms with Gasteiger partial charge in [-0.15, -0.1) is 12.6 Å². The van der Waals surface area contributed by atoms with Crippen LogP contribution >= 0.6 is 12.6 Å². The highest BCUT2D eigenvalue weighted by Gasteiger charge is 2.30. The summed E-state index contributed by atoms with van der Waals surface area (Å²) in [5.74, 6) is -1.11. The molecule has 13 heteroatoms. The molecule has 0 amide bonds. The average molecular weight is 350 g/mol. The van der Waals surface area contributed by atoms with E-state index in [0.29, 0.717) is 6.67 Å². The molecule has 20 heavy (non-hydrogen) atoms. The number of nitrogens with zero attached hydrogens (tertiary/aromatic N) is 3. The molecule has 0 aromatic heterocycles. The fourth-order valence-corrected chi connectivity index (χ4v) is 2.95. The van der Waals surface area contributed by atoms with Crippen LogP contribution in [0, 0.1) is 0 Å². The van der Waals surface area contributed by atoms with Gasteiger partial charge in [0.05, 0.1) is 18.2 Å². The molecular formula is C7H18N4O6S3. The van der Waals surface area contributed by atoms with Gasteiger partial charge in [0.2, 0.25) is 0 Å². The quantitative estimate of drug-likeness (QED) is 0.299. The fourth-order valence-electron chi connectivity index (χ4n) is 1.65. The van der Waals surface area contributed by atoms with E-state index < -0.39 is 37.2 Å². The highest BCUT2D eigenvalue weighted by molar-refractivity contribution is 7.86. The fraction of sp³-hybridized carbons (Fsp3) is 1.00. The van der Waals surface area contributed by atoms with Crippen molar-refractivity contribution in [3.63, 3.8) is 0 Å². The summed E-state index contributed by atoms with van der Waals surface area (Å²) in [6.07, 6.45) is 0. The molecule has 1 aliphatic heterocycles. The molecule has 120 valence electrons. The molecule has 1 aliphatic rings. The Morgan fingerprint density at radius 2 is 1.65 bits per heavy atom. The lowest BCUT2D eigenvalue weighted by molar-refractivity contribution is -0.0127. The summed E-state index contributed by atoms with van der Waals surface area (Å²) in [7, 11) is -6.62. The summed E-state index contributed by atoms with van der Waals surface area (Å²) < 4.78 is 60.7. The molecule has 0 spiro atoms. The minimum absolute atomic E-state index is 0.124. The Kier molecular flexibility index (Phi) is 6.18. The van der Waals surface area contributed by atoms with Gasteiger partial charge in [0, 0.05) is 20.1 Å². The number of hydrogen-bond acceptors (Lipinski definition) is 9. The maximum absolute atomic E-state index is 10.8. The summed E-state index contributed by atoms with van der Waals surface area (Å²) in [4.78, 5) is 0. The van der Waals surface area contributed by atoms with E-state index in [1.54, 1.807) is 17.1 Å². The first kappa shape index (κ1) is 18.1. The number of hydrogen-bond donors (Lipinski definition) is 4. The number of rotatable bonds is 7. The van der Waals surface area contributed by atoms with Crippen LogP contribution in [0.1, 0.15) is 0 Å². The summed E-state index contributed by atoms with van der Waals surface area (Å²) in [6.45, 7) is 0.0903. The van der Waals surface area contributed by atoms with E-state index in [4.69, 9.17) is 9.11 Å². The van der Waals surface area contributed by atoms with E-state index >= 15 is 0 Å². The molecule has 3 N–H and O–H groups in total. The largest absolute Gasteiger partial charge is 0.286 e. The Balaban J connectivity index is 2.73. The molecule has 0 bridgehead atoms. The lowest BCUT2D eigenvalue weighted by atomic mass is 10.6. The second-order valence-electron chi connectivity index (χ2n) is 4.31. The monoisotopic (exact) mass is 350 g/mol. The van der Waals surface area contributed by atoms with Crippen LogP contribution in [0.5, 0.6) is 0 Å². The van der Waals surface area contributed by atoms with Crippen LogP contribution in [-0.2, 0) is 20.2 Å². The third-order valence-corrected chi connectivity index (χ3v) is 4.33. The van der Waals surface area contributed by atoms with E-state index in [-0.39, 0.29) is 13.1 Å². The van der Waals surface area contributed by atoms with Gasteiger partial charge in [0.25, 0.3) is 20.2 Å². The molecule has 0 aromatic rings. The maximum Gasteiger partial charge on any atom is 0.266 e. The highest BCUT2D eigenvalue weighted by Crippen LogP contribution is 2.13. The second kappa shape index (κ2) is 6.85. The van der Waals surface area contributed by atoms with Gasteiger partial charge in [-0.25, -0.2) is 15.4 Å². The molecule has 0 aromatic carbocycles. The molecular weight excluding hydrogens is 332 g/mol. The zero-order chi connectivity index (χ0) is 15.6. The molecule has 1 unspecified atom stereocenters. The zero-order valence-electron chi connectivity index (χ0n) is 10.7. The Labute approximate surface area is 123 Å². The van der Waals surface area contributed by atoms with Gasteiger partial charge in [-0.1, -0.05) is 0 Å². The Bertz CT molecular complexity index is 487. The number of hydrazine groups is 2. The lowest BCUT2D eigenvalue weighted by Crippen LogP contribution is -2.49. The summed E-state index contributed by atoms with van der Waals surface area (Å²) in [5, 5.41) is 4.65. The summed E-state index contributed by atoms with van der Waals surface area (Å²) >= 11 is 4.22. The third-order valence-electron chi connectivity index (χ3n) is 2.55. The Hall–Kier alpha value is 0.01000. The molecule has 1 rings (SSSR count). The van der Waals surface area contributed by atoms with Crippen molar-refractivity contribution in [2.24, 2.45) is 0 Å². The molecule has 0 radical (unpaired) electrons. The van der Waals surface area contributed by atoms with Crippen molar-refractivity contribution in [2.75, 3.05) is 38.3 Å². The van der Waals surface area contributed by atoms with E-state index in [0.717, 1.165) is 0 Å². The van der Waals surface area contributed by atoms with Crippen LogP contribution in [-0.4, -0.2) is 84.8 Å². The van der Waals surface area contributed by atoms with E-state index in [1.807, 2.05) is 0 Å². The average Bonchev–Trinajstić information content (AvgIpc) is 2.55. The summed E-state index contributed by atoms with van der Waals surface area (Å²) in [6, 6.07) is 0. The van der Waals surface area contributed by atoms with Gasteiger partial charge in [0.1, 0.15) is 5.50 Å². The van der Waals surface area contributed by atoms with Crippen molar-refractivity contribution < 1.29 is 25.9 Å². The van der Waals surface area contributed by atoms with Gasteiger partial charge < -0.3 is 0 Å². The van der Waals surface area contributed by atoms with Crippen LogP contribution in [0.25, 0.3) is 0 Å². The Morgan fingerprint density at radius 1 is 1.20 bits per heavy atom. The molecule has 1 saturated heterocycles. The van der Waals surface area contributed by atoms with Gasteiger partial charge in [-0.05, 0) is 0 Å². The topological polar surface area (TPSA) is 130 Å². The minimum Gasteiger partial charge on any atom is -0.286 e. The van der Waals surface area contributed by atoms with Gasteiger partial charge in [-0.2, -0.15) is 21.8 Å². The molecule has 1 fully saturated rings. The third kappa shape index (κ3) is 6.64. The first-order chi connectivity index (χ1) is 8.98. The number of nitrogens with one attached hydrogen (secondary N) is 1. The SMILES string of the molecule is CN1CN(N(CCS(=O)(=O)O)CCS(=O)(=O)O)C(S)N1. The van der Waals surface area contributed by atoms with Gasteiger partial charge in [0.15, 0.2) is 0 Å². The van der Waals surface area contributed by atoms with Crippen molar-refractivity contribution in [1.29, 1.82) is 0 Å². The minimum atomic E-state index is -4.17. The Morgan fingerprint density at radius 3 is 1.95 bits per heavy atom. The predicted molar refractivity (Wildman–Crippen MR) is 74.8 cm³/mol. The van der Waals surface area contributed by atoms with E-state index in [2.05, 4.69) is 18.1 Å². The van der Waals surface area contributed by atoms with Crippen molar-refractivity contribution in [3.05, 3.63) is 0 Å². The predicted octanol–water partition coefficient (Wildman–Crippen LogP) is -2.10. The normalized spacial score (nSPS) is 22.8. The van der Waals surface area contributed by atoms with Crippen molar-refractivity contribution in [2.45, 2.75) is 5.50 Å². The highest BCUT2D eigenvalue weighted by atomic mass is 32.2. The van der Waals surface area contributed by atoms with E-state index in [9.17, 15) is 16.8 Å². The van der Waals surface area contributed by atoms with Crippen LogP contribution in [0.2, 0.25) is 0 Å². The number of thiol groups is 1. The molecule has 0 aliphatic carbocycles. The van der Waals surface area contributed by atoms with Crippen LogP contribution in [0.4, 0.5) is 0 Å². The maximum atomic E-state index is 10.8. The lowest BCUT2D eigenvalue weighted by Gasteiger charge is -2.32. The standard InChI is InChI=1S/C7H18N4O6S3/c1-9-6-11(7(18)8-9)10(2-4-19(12,13)14)3-5-20(15,16)17/h7-8,18H,2-6H2,1H3,(H,12,13,14)(H,15,16,17). The first-order valence-electron chi connectivity index (χ1n) is 5.55. The molecule has 0 saturated carbocycles. The molecule has 1 atom stereocenters.